The van der Waals surface area contributed by atoms with Crippen molar-refractivity contribution in [2.75, 3.05) is 20.2 Å². The van der Waals surface area contributed by atoms with E-state index in [9.17, 15) is 4.79 Å². The summed E-state index contributed by atoms with van der Waals surface area (Å²) >= 11 is 0. The Morgan fingerprint density at radius 2 is 2.08 bits per heavy atom. The normalized spacial score (nSPS) is 28.2. The molecule has 2 heterocycles. The van der Waals surface area contributed by atoms with Crippen LogP contribution in [0.25, 0.3) is 0 Å². The standard InChI is InChI=1S/C20H28N2O2/c1-14-6-7-15(13-18(14)24-2)20(9-10-20)19(23)21-16-8-12-22-11-4-3-5-17(16)22/h6-7,13,16-17H,3-5,8-12H2,1-2H3,(H,21,23). The number of carbonyl (C=O) groups excluding carboxylic acids is 1. The second kappa shape index (κ2) is 6.07. The van der Waals surface area contributed by atoms with E-state index >= 15 is 0 Å². The van der Waals surface area contributed by atoms with Crippen LogP contribution in [0, 0.1) is 6.92 Å². The van der Waals surface area contributed by atoms with Gasteiger partial charge in [-0.1, -0.05) is 18.6 Å². The third-order valence-electron chi connectivity index (χ3n) is 6.32. The van der Waals surface area contributed by atoms with Gasteiger partial charge in [-0.3, -0.25) is 9.69 Å². The van der Waals surface area contributed by atoms with Crippen LogP contribution in [-0.2, 0) is 10.2 Å². The number of benzene rings is 1. The number of methoxy groups -OCH3 is 1. The van der Waals surface area contributed by atoms with Crippen LogP contribution in [0.1, 0.15) is 49.7 Å². The number of fused-ring (bicyclic) bond motifs is 1. The minimum atomic E-state index is -0.316. The van der Waals surface area contributed by atoms with Crippen molar-refractivity contribution in [3.05, 3.63) is 29.3 Å². The number of carbonyl (C=O) groups is 1. The molecule has 1 N–H and O–H groups in total. The first-order valence-corrected chi connectivity index (χ1v) is 9.34. The molecule has 24 heavy (non-hydrogen) atoms. The Balaban J connectivity index is 1.50. The van der Waals surface area contributed by atoms with Crippen molar-refractivity contribution in [2.45, 2.75) is 62.9 Å². The summed E-state index contributed by atoms with van der Waals surface area (Å²) in [5, 5.41) is 3.41. The molecule has 0 aromatic heterocycles. The van der Waals surface area contributed by atoms with Crippen molar-refractivity contribution < 1.29 is 9.53 Å². The first-order valence-electron chi connectivity index (χ1n) is 9.34. The highest BCUT2D eigenvalue weighted by molar-refractivity contribution is 5.91. The van der Waals surface area contributed by atoms with E-state index in [1.165, 1.54) is 25.8 Å². The lowest BCUT2D eigenvalue weighted by atomic mass is 9.92. The summed E-state index contributed by atoms with van der Waals surface area (Å²) in [6, 6.07) is 7.13. The molecular weight excluding hydrogens is 300 g/mol. The van der Waals surface area contributed by atoms with Gasteiger partial charge in [0.2, 0.25) is 5.91 Å². The molecule has 3 fully saturated rings. The number of nitrogens with one attached hydrogen (secondary N) is 1. The van der Waals surface area contributed by atoms with Gasteiger partial charge in [0, 0.05) is 18.6 Å². The van der Waals surface area contributed by atoms with Gasteiger partial charge in [-0.2, -0.15) is 0 Å². The van der Waals surface area contributed by atoms with E-state index in [-0.39, 0.29) is 11.3 Å². The Hall–Kier alpha value is -1.55. The van der Waals surface area contributed by atoms with Gasteiger partial charge >= 0.3 is 0 Å². The van der Waals surface area contributed by atoms with Crippen LogP contribution >= 0.6 is 0 Å². The molecule has 4 rings (SSSR count). The molecule has 2 aliphatic heterocycles. The predicted molar refractivity (Wildman–Crippen MR) is 94.4 cm³/mol. The maximum Gasteiger partial charge on any atom is 0.230 e. The van der Waals surface area contributed by atoms with Crippen LogP contribution in [0.15, 0.2) is 18.2 Å². The van der Waals surface area contributed by atoms with Crippen molar-refractivity contribution in [3.8, 4) is 5.75 Å². The molecule has 1 saturated carbocycles. The average Bonchev–Trinajstić information content (AvgIpc) is 3.32. The minimum absolute atomic E-state index is 0.228. The van der Waals surface area contributed by atoms with Crippen LogP contribution in [0.2, 0.25) is 0 Å². The summed E-state index contributed by atoms with van der Waals surface area (Å²) in [5.41, 5.74) is 1.91. The number of hydrogen-bond donors (Lipinski definition) is 1. The second-order valence-electron chi connectivity index (χ2n) is 7.73. The maximum atomic E-state index is 13.1. The van der Waals surface area contributed by atoms with Crippen LogP contribution in [0.4, 0.5) is 0 Å². The fraction of sp³-hybridized carbons (Fsp3) is 0.650. The Kier molecular flexibility index (Phi) is 4.03. The van der Waals surface area contributed by atoms with Gasteiger partial charge in [0.05, 0.1) is 12.5 Å². The van der Waals surface area contributed by atoms with Crippen LogP contribution in [0.5, 0.6) is 5.75 Å². The number of nitrogens with zero attached hydrogens (tertiary/aromatic N) is 1. The molecule has 4 nitrogen and oxygen atoms in total. The van der Waals surface area contributed by atoms with E-state index in [4.69, 9.17) is 4.74 Å². The lowest BCUT2D eigenvalue weighted by molar-refractivity contribution is -0.124. The molecule has 2 unspecified atom stereocenters. The molecule has 0 bridgehead atoms. The molecule has 1 aliphatic carbocycles. The molecule has 1 aromatic carbocycles. The molecule has 2 atom stereocenters. The van der Waals surface area contributed by atoms with Crippen molar-refractivity contribution in [1.82, 2.24) is 10.2 Å². The Morgan fingerprint density at radius 1 is 1.25 bits per heavy atom. The summed E-state index contributed by atoms with van der Waals surface area (Å²) in [4.78, 5) is 15.6. The van der Waals surface area contributed by atoms with Gasteiger partial charge in [-0.25, -0.2) is 0 Å². The summed E-state index contributed by atoms with van der Waals surface area (Å²) < 4.78 is 5.45. The number of rotatable bonds is 4. The van der Waals surface area contributed by atoms with E-state index in [1.807, 2.05) is 6.92 Å². The third-order valence-corrected chi connectivity index (χ3v) is 6.32. The van der Waals surface area contributed by atoms with Gasteiger partial charge in [0.1, 0.15) is 5.75 Å². The zero-order chi connectivity index (χ0) is 16.7. The lowest BCUT2D eigenvalue weighted by Crippen LogP contribution is -2.49. The summed E-state index contributed by atoms with van der Waals surface area (Å²) in [7, 11) is 1.70. The fourth-order valence-electron chi connectivity index (χ4n) is 4.61. The molecule has 0 radical (unpaired) electrons. The van der Waals surface area contributed by atoms with Gasteiger partial charge in [0.15, 0.2) is 0 Å². The van der Waals surface area contributed by atoms with E-state index in [1.54, 1.807) is 7.11 Å². The van der Waals surface area contributed by atoms with Gasteiger partial charge in [0.25, 0.3) is 0 Å². The van der Waals surface area contributed by atoms with Crippen LogP contribution in [0.3, 0.4) is 0 Å². The molecule has 1 amide bonds. The van der Waals surface area contributed by atoms with Crippen molar-refractivity contribution in [3.63, 3.8) is 0 Å². The monoisotopic (exact) mass is 328 g/mol. The topological polar surface area (TPSA) is 41.6 Å². The van der Waals surface area contributed by atoms with E-state index < -0.39 is 0 Å². The van der Waals surface area contributed by atoms with Crippen LogP contribution in [-0.4, -0.2) is 43.1 Å². The fourth-order valence-corrected chi connectivity index (χ4v) is 4.61. The molecule has 4 heteroatoms. The van der Waals surface area contributed by atoms with Crippen molar-refractivity contribution in [1.29, 1.82) is 0 Å². The number of hydrogen-bond acceptors (Lipinski definition) is 3. The quantitative estimate of drug-likeness (QED) is 0.924. The SMILES string of the molecule is COc1cc(C2(C(=O)NC3CCN4CCCCC34)CC2)ccc1C. The summed E-state index contributed by atoms with van der Waals surface area (Å²) in [6.45, 7) is 4.39. The first kappa shape index (κ1) is 15.9. The zero-order valence-electron chi connectivity index (χ0n) is 14.8. The Morgan fingerprint density at radius 3 is 2.83 bits per heavy atom. The molecule has 130 valence electrons. The van der Waals surface area contributed by atoms with Gasteiger partial charge < -0.3 is 10.1 Å². The maximum absolute atomic E-state index is 13.1. The molecule has 3 aliphatic rings. The highest BCUT2D eigenvalue weighted by Gasteiger charge is 2.52. The zero-order valence-corrected chi connectivity index (χ0v) is 14.8. The molecular formula is C20H28N2O2. The Bertz CT molecular complexity index is 639. The van der Waals surface area contributed by atoms with E-state index in [0.717, 1.165) is 42.7 Å². The van der Waals surface area contributed by atoms with E-state index in [0.29, 0.717) is 12.1 Å². The average molecular weight is 328 g/mol. The number of aryl methyl sites for hydroxylation is 1. The summed E-state index contributed by atoms with van der Waals surface area (Å²) in [5.74, 6) is 1.11. The first-order chi connectivity index (χ1) is 11.6. The molecule has 1 aromatic rings. The highest BCUT2D eigenvalue weighted by atomic mass is 16.5. The lowest BCUT2D eigenvalue weighted by Gasteiger charge is -2.33. The third kappa shape index (κ3) is 2.61. The number of piperidine rings is 1. The minimum Gasteiger partial charge on any atom is -0.496 e. The second-order valence-corrected chi connectivity index (χ2v) is 7.73. The smallest absolute Gasteiger partial charge is 0.230 e. The highest BCUT2D eigenvalue weighted by Crippen LogP contribution is 2.49. The Labute approximate surface area is 144 Å². The van der Waals surface area contributed by atoms with Gasteiger partial charge in [-0.05, 0) is 62.8 Å². The number of amides is 1. The number of ether oxygens (including phenoxy) is 1. The molecule has 0 spiro atoms. The van der Waals surface area contributed by atoms with Gasteiger partial charge in [-0.15, -0.1) is 0 Å². The van der Waals surface area contributed by atoms with Crippen molar-refractivity contribution in [2.24, 2.45) is 0 Å². The predicted octanol–water partition coefficient (Wildman–Crippen LogP) is 2.78. The molecule has 2 saturated heterocycles. The largest absolute Gasteiger partial charge is 0.496 e. The van der Waals surface area contributed by atoms with Crippen LogP contribution < -0.4 is 10.1 Å². The van der Waals surface area contributed by atoms with E-state index in [2.05, 4.69) is 28.4 Å². The van der Waals surface area contributed by atoms with Crippen molar-refractivity contribution >= 4 is 5.91 Å². The summed E-state index contributed by atoms with van der Waals surface area (Å²) in [6.07, 6.45) is 6.84.